The molecule has 19 heavy (non-hydrogen) atoms. The van der Waals surface area contributed by atoms with Crippen molar-refractivity contribution in [3.8, 4) is 23.4 Å². The van der Waals surface area contributed by atoms with E-state index in [1.54, 1.807) is 0 Å². The van der Waals surface area contributed by atoms with Gasteiger partial charge in [0.25, 0.3) is 0 Å². The first-order chi connectivity index (χ1) is 9.22. The second-order valence-corrected chi connectivity index (χ2v) is 4.28. The number of halogens is 1. The lowest BCUT2D eigenvalue weighted by atomic mass is 9.97. The van der Waals surface area contributed by atoms with Crippen LogP contribution >= 0.6 is 11.6 Å². The Labute approximate surface area is 116 Å². The van der Waals surface area contributed by atoms with Crippen molar-refractivity contribution in [2.75, 3.05) is 0 Å². The van der Waals surface area contributed by atoms with E-state index in [0.29, 0.717) is 17.7 Å². The third-order valence-electron chi connectivity index (χ3n) is 2.88. The normalized spacial score (nSPS) is 9.68. The van der Waals surface area contributed by atoms with Crippen LogP contribution in [0.5, 0.6) is 0 Å². The highest BCUT2D eigenvalue weighted by molar-refractivity contribution is 6.30. The third kappa shape index (κ3) is 2.29. The number of rotatable bonds is 2. The lowest BCUT2D eigenvalue weighted by molar-refractivity contribution is 1.09. The molecule has 0 fully saturated rings. The molecule has 0 radical (unpaired) electrons. The maximum atomic E-state index is 9.27. The molecule has 0 atom stereocenters. The Bertz CT molecular complexity index is 694. The van der Waals surface area contributed by atoms with Crippen LogP contribution in [-0.4, -0.2) is 4.98 Å². The Morgan fingerprint density at radius 2 is 1.74 bits per heavy atom. The SMILES string of the molecule is CCc1c(-c2ccccc2)nc(Cl)c(C#N)c1C#N. The van der Waals surface area contributed by atoms with E-state index in [1.807, 2.05) is 43.3 Å². The van der Waals surface area contributed by atoms with Crippen molar-refractivity contribution in [1.29, 1.82) is 10.5 Å². The van der Waals surface area contributed by atoms with Crippen LogP contribution in [0.4, 0.5) is 0 Å². The maximum absolute atomic E-state index is 9.27. The first-order valence-corrected chi connectivity index (χ1v) is 6.18. The summed E-state index contributed by atoms with van der Waals surface area (Å²) in [5, 5.41) is 18.4. The van der Waals surface area contributed by atoms with Crippen LogP contribution in [0.2, 0.25) is 5.15 Å². The number of nitriles is 2. The van der Waals surface area contributed by atoms with Crippen LogP contribution in [-0.2, 0) is 6.42 Å². The summed E-state index contributed by atoms with van der Waals surface area (Å²) in [7, 11) is 0. The third-order valence-corrected chi connectivity index (χ3v) is 3.15. The van der Waals surface area contributed by atoms with Gasteiger partial charge in [-0.2, -0.15) is 10.5 Å². The second-order valence-electron chi connectivity index (χ2n) is 3.92. The van der Waals surface area contributed by atoms with Crippen LogP contribution in [0.15, 0.2) is 30.3 Å². The Hall–Kier alpha value is -2.36. The molecule has 0 unspecified atom stereocenters. The minimum absolute atomic E-state index is 0.0788. The minimum atomic E-state index is 0.0788. The van der Waals surface area contributed by atoms with Gasteiger partial charge in [0.15, 0.2) is 0 Å². The molecule has 1 heterocycles. The van der Waals surface area contributed by atoms with Gasteiger partial charge in [0.1, 0.15) is 22.9 Å². The van der Waals surface area contributed by atoms with E-state index in [-0.39, 0.29) is 10.7 Å². The number of benzene rings is 1. The lowest BCUT2D eigenvalue weighted by Gasteiger charge is -2.11. The Morgan fingerprint density at radius 3 is 2.26 bits per heavy atom. The van der Waals surface area contributed by atoms with Gasteiger partial charge in [0, 0.05) is 5.56 Å². The monoisotopic (exact) mass is 267 g/mol. The summed E-state index contributed by atoms with van der Waals surface area (Å²) in [6, 6.07) is 13.5. The minimum Gasteiger partial charge on any atom is -0.234 e. The van der Waals surface area contributed by atoms with E-state index in [9.17, 15) is 5.26 Å². The van der Waals surface area contributed by atoms with Crippen molar-refractivity contribution in [3.05, 3.63) is 52.2 Å². The fourth-order valence-electron chi connectivity index (χ4n) is 2.00. The largest absolute Gasteiger partial charge is 0.234 e. The average molecular weight is 268 g/mol. The summed E-state index contributed by atoms with van der Waals surface area (Å²) in [6.07, 6.45) is 0.617. The van der Waals surface area contributed by atoms with Crippen molar-refractivity contribution in [2.45, 2.75) is 13.3 Å². The molecule has 2 aromatic rings. The first kappa shape index (κ1) is 13.1. The van der Waals surface area contributed by atoms with Crippen LogP contribution in [0.25, 0.3) is 11.3 Å². The molecule has 0 saturated heterocycles. The summed E-state index contributed by atoms with van der Waals surface area (Å²) >= 11 is 6.01. The molecule has 0 bridgehead atoms. The van der Waals surface area contributed by atoms with Gasteiger partial charge in [0.05, 0.1) is 11.3 Å². The molecule has 0 amide bonds. The summed E-state index contributed by atoms with van der Waals surface area (Å²) < 4.78 is 0. The fourth-order valence-corrected chi connectivity index (χ4v) is 2.22. The van der Waals surface area contributed by atoms with Crippen LogP contribution in [0.3, 0.4) is 0 Å². The van der Waals surface area contributed by atoms with Crippen molar-refractivity contribution in [2.24, 2.45) is 0 Å². The molecule has 0 saturated carbocycles. The number of hydrogen-bond donors (Lipinski definition) is 0. The Morgan fingerprint density at radius 1 is 1.11 bits per heavy atom. The van der Waals surface area contributed by atoms with E-state index in [2.05, 4.69) is 11.1 Å². The smallest absolute Gasteiger partial charge is 0.148 e. The summed E-state index contributed by atoms with van der Waals surface area (Å²) in [5.41, 5.74) is 2.80. The molecule has 0 aliphatic rings. The fraction of sp³-hybridized carbons (Fsp3) is 0.133. The molecule has 0 N–H and O–H groups in total. The molecule has 1 aromatic heterocycles. The molecule has 0 spiro atoms. The maximum Gasteiger partial charge on any atom is 0.148 e. The zero-order chi connectivity index (χ0) is 13.8. The topological polar surface area (TPSA) is 60.5 Å². The first-order valence-electron chi connectivity index (χ1n) is 5.80. The van der Waals surface area contributed by atoms with Gasteiger partial charge >= 0.3 is 0 Å². The van der Waals surface area contributed by atoms with E-state index in [0.717, 1.165) is 11.1 Å². The Kier molecular flexibility index (Phi) is 3.80. The van der Waals surface area contributed by atoms with Crippen LogP contribution < -0.4 is 0 Å². The van der Waals surface area contributed by atoms with Gasteiger partial charge in [-0.3, -0.25) is 0 Å². The second kappa shape index (κ2) is 5.52. The Balaban J connectivity index is 2.81. The molecule has 92 valence electrons. The number of hydrogen-bond acceptors (Lipinski definition) is 3. The molecule has 4 heteroatoms. The number of pyridine rings is 1. The highest BCUT2D eigenvalue weighted by Crippen LogP contribution is 2.30. The summed E-state index contributed by atoms with van der Waals surface area (Å²) in [5.74, 6) is 0. The van der Waals surface area contributed by atoms with Crippen LogP contribution in [0, 0.1) is 22.7 Å². The van der Waals surface area contributed by atoms with Crippen molar-refractivity contribution in [1.82, 2.24) is 4.98 Å². The van der Waals surface area contributed by atoms with Crippen molar-refractivity contribution in [3.63, 3.8) is 0 Å². The molecule has 2 rings (SSSR count). The van der Waals surface area contributed by atoms with Crippen molar-refractivity contribution < 1.29 is 0 Å². The van der Waals surface area contributed by atoms with Gasteiger partial charge in [-0.05, 0) is 12.0 Å². The molecule has 0 aliphatic heterocycles. The van der Waals surface area contributed by atoms with Gasteiger partial charge in [-0.25, -0.2) is 4.98 Å². The molecular formula is C15H10ClN3. The van der Waals surface area contributed by atoms with E-state index >= 15 is 0 Å². The predicted octanol–water partition coefficient (Wildman–Crippen LogP) is 3.71. The van der Waals surface area contributed by atoms with Crippen LogP contribution in [0.1, 0.15) is 23.6 Å². The zero-order valence-corrected chi connectivity index (χ0v) is 11.1. The highest BCUT2D eigenvalue weighted by Gasteiger charge is 2.18. The van der Waals surface area contributed by atoms with Gasteiger partial charge in [-0.1, -0.05) is 48.9 Å². The van der Waals surface area contributed by atoms with Crippen molar-refractivity contribution >= 4 is 11.6 Å². The average Bonchev–Trinajstić information content (AvgIpc) is 2.46. The van der Waals surface area contributed by atoms with E-state index < -0.39 is 0 Å². The molecule has 1 aromatic carbocycles. The highest BCUT2D eigenvalue weighted by atomic mass is 35.5. The van der Waals surface area contributed by atoms with E-state index in [1.165, 1.54) is 0 Å². The summed E-state index contributed by atoms with van der Waals surface area (Å²) in [4.78, 5) is 4.29. The van der Waals surface area contributed by atoms with E-state index in [4.69, 9.17) is 16.9 Å². The van der Waals surface area contributed by atoms with Gasteiger partial charge < -0.3 is 0 Å². The summed E-state index contributed by atoms with van der Waals surface area (Å²) in [6.45, 7) is 1.93. The predicted molar refractivity (Wildman–Crippen MR) is 73.5 cm³/mol. The molecule has 0 aliphatic carbocycles. The quantitative estimate of drug-likeness (QED) is 0.779. The molecular weight excluding hydrogens is 258 g/mol. The van der Waals surface area contributed by atoms with Gasteiger partial charge in [0.2, 0.25) is 0 Å². The molecule has 3 nitrogen and oxygen atoms in total. The standard InChI is InChI=1S/C15H10ClN3/c1-2-11-12(8-17)13(9-18)15(16)19-14(11)10-6-4-3-5-7-10/h3-7H,2H2,1H3. The number of nitrogens with zero attached hydrogens (tertiary/aromatic N) is 3. The lowest BCUT2D eigenvalue weighted by Crippen LogP contribution is -2.01. The number of aromatic nitrogens is 1. The van der Waals surface area contributed by atoms with Gasteiger partial charge in [-0.15, -0.1) is 0 Å². The zero-order valence-electron chi connectivity index (χ0n) is 10.3.